The molecule has 2 aliphatic rings. The monoisotopic (exact) mass is 254 g/mol. The minimum absolute atomic E-state index is 0.133. The van der Waals surface area contributed by atoms with Crippen molar-refractivity contribution in [1.82, 2.24) is 9.80 Å². The van der Waals surface area contributed by atoms with E-state index < -0.39 is 0 Å². The maximum Gasteiger partial charge on any atom is 0.0700 e. The average molecular weight is 254 g/mol. The van der Waals surface area contributed by atoms with Gasteiger partial charge in [-0.2, -0.15) is 0 Å². The molecule has 1 heterocycles. The Morgan fingerprint density at radius 3 is 2.00 bits per heavy atom. The summed E-state index contributed by atoms with van der Waals surface area (Å²) >= 11 is 0. The molecule has 6 atom stereocenters. The van der Waals surface area contributed by atoms with Crippen molar-refractivity contribution in [1.29, 1.82) is 0 Å². The maximum atomic E-state index is 10.4. The van der Waals surface area contributed by atoms with Crippen LogP contribution in [0.4, 0.5) is 0 Å². The van der Waals surface area contributed by atoms with Crippen molar-refractivity contribution in [3.8, 4) is 0 Å². The summed E-state index contributed by atoms with van der Waals surface area (Å²) in [6.07, 6.45) is 2.10. The molecule has 0 aromatic carbocycles. The smallest absolute Gasteiger partial charge is 0.0700 e. The number of likely N-dealkylation sites (N-methyl/N-ethyl adjacent to an activating group) is 1. The second-order valence-corrected chi connectivity index (χ2v) is 6.93. The van der Waals surface area contributed by atoms with E-state index in [-0.39, 0.29) is 6.10 Å². The summed E-state index contributed by atoms with van der Waals surface area (Å²) in [5, 5.41) is 10.4. The molecule has 0 spiro atoms. The molecule has 1 aliphatic heterocycles. The normalized spacial score (nSPS) is 48.3. The fraction of sp³-hybridized carbons (Fsp3) is 1.00. The van der Waals surface area contributed by atoms with Crippen molar-refractivity contribution in [2.75, 3.05) is 20.1 Å². The summed E-state index contributed by atoms with van der Waals surface area (Å²) in [4.78, 5) is 5.01. The van der Waals surface area contributed by atoms with Gasteiger partial charge in [-0.15, -0.1) is 0 Å². The highest BCUT2D eigenvalue weighted by molar-refractivity contribution is 4.94. The van der Waals surface area contributed by atoms with E-state index in [2.05, 4.69) is 44.5 Å². The molecule has 0 aromatic heterocycles. The zero-order valence-corrected chi connectivity index (χ0v) is 12.6. The van der Waals surface area contributed by atoms with Crippen molar-refractivity contribution in [3.63, 3.8) is 0 Å². The van der Waals surface area contributed by atoms with Gasteiger partial charge < -0.3 is 5.11 Å². The number of hydrogen-bond acceptors (Lipinski definition) is 3. The average Bonchev–Trinajstić information content (AvgIpc) is 2.24. The largest absolute Gasteiger partial charge is 0.391 e. The molecule has 1 saturated heterocycles. The van der Waals surface area contributed by atoms with E-state index in [9.17, 15) is 5.11 Å². The molecule has 6 unspecified atom stereocenters. The lowest BCUT2D eigenvalue weighted by atomic mass is 9.76. The van der Waals surface area contributed by atoms with E-state index in [1.807, 2.05) is 0 Å². The van der Waals surface area contributed by atoms with Gasteiger partial charge in [0.1, 0.15) is 0 Å². The zero-order valence-electron chi connectivity index (χ0n) is 12.6. The Balaban J connectivity index is 2.06. The van der Waals surface area contributed by atoms with Crippen LogP contribution in [-0.4, -0.2) is 59.3 Å². The standard InChI is InChI=1S/C15H30N2O/c1-10-6-11(2)15(14(18)7-10)17-8-12(3)16(5)13(4)9-17/h10-15,18H,6-9H2,1-5H3. The van der Waals surface area contributed by atoms with Crippen LogP contribution in [0.15, 0.2) is 0 Å². The molecule has 1 saturated carbocycles. The molecule has 106 valence electrons. The van der Waals surface area contributed by atoms with E-state index in [0.717, 1.165) is 19.5 Å². The SMILES string of the molecule is CC1CC(C)C(N2CC(C)N(C)C(C)C2)C(O)C1. The van der Waals surface area contributed by atoms with Crippen molar-refractivity contribution in [3.05, 3.63) is 0 Å². The van der Waals surface area contributed by atoms with Gasteiger partial charge in [-0.05, 0) is 45.6 Å². The first-order valence-corrected chi connectivity index (χ1v) is 7.54. The van der Waals surface area contributed by atoms with Crippen LogP contribution in [0.2, 0.25) is 0 Å². The third-order valence-corrected chi connectivity index (χ3v) is 5.20. The Kier molecular flexibility index (Phi) is 4.35. The van der Waals surface area contributed by atoms with Crippen molar-refractivity contribution in [2.45, 2.75) is 64.8 Å². The highest BCUT2D eigenvalue weighted by atomic mass is 16.3. The highest BCUT2D eigenvalue weighted by Crippen LogP contribution is 2.33. The Morgan fingerprint density at radius 1 is 0.944 bits per heavy atom. The lowest BCUT2D eigenvalue weighted by Gasteiger charge is -2.50. The van der Waals surface area contributed by atoms with Gasteiger partial charge in [0.05, 0.1) is 6.10 Å². The molecule has 1 N–H and O–H groups in total. The Morgan fingerprint density at radius 2 is 1.50 bits per heavy atom. The van der Waals surface area contributed by atoms with Crippen molar-refractivity contribution < 1.29 is 5.11 Å². The van der Waals surface area contributed by atoms with Crippen LogP contribution in [0.3, 0.4) is 0 Å². The Bertz CT molecular complexity index is 260. The number of nitrogens with zero attached hydrogens (tertiary/aromatic N) is 2. The number of rotatable bonds is 1. The summed E-state index contributed by atoms with van der Waals surface area (Å²) in [7, 11) is 2.22. The van der Waals surface area contributed by atoms with E-state index in [0.29, 0.717) is 30.0 Å². The lowest BCUT2D eigenvalue weighted by molar-refractivity contribution is -0.0602. The fourth-order valence-electron chi connectivity index (χ4n) is 4.09. The van der Waals surface area contributed by atoms with Crippen molar-refractivity contribution >= 4 is 0 Å². The Hall–Kier alpha value is -0.120. The molecule has 0 aromatic rings. The van der Waals surface area contributed by atoms with Crippen molar-refractivity contribution in [2.24, 2.45) is 11.8 Å². The van der Waals surface area contributed by atoms with Gasteiger partial charge in [-0.25, -0.2) is 0 Å². The third-order valence-electron chi connectivity index (χ3n) is 5.20. The molecule has 2 rings (SSSR count). The Labute approximate surface area is 112 Å². The molecular formula is C15H30N2O. The van der Waals surface area contributed by atoms with E-state index >= 15 is 0 Å². The van der Waals surface area contributed by atoms with Crippen LogP contribution in [0, 0.1) is 11.8 Å². The molecule has 1 aliphatic carbocycles. The molecule has 0 radical (unpaired) electrons. The maximum absolute atomic E-state index is 10.4. The first kappa shape index (κ1) is 14.3. The molecule has 18 heavy (non-hydrogen) atoms. The molecule has 2 fully saturated rings. The summed E-state index contributed by atoms with van der Waals surface area (Å²) in [5.74, 6) is 1.29. The van der Waals surface area contributed by atoms with Gasteiger partial charge in [0.2, 0.25) is 0 Å². The lowest BCUT2D eigenvalue weighted by Crippen LogP contribution is -2.62. The number of piperazine rings is 1. The number of aliphatic hydroxyl groups excluding tert-OH is 1. The third kappa shape index (κ3) is 2.73. The van der Waals surface area contributed by atoms with E-state index in [1.54, 1.807) is 0 Å². The van der Waals surface area contributed by atoms with Gasteiger partial charge >= 0.3 is 0 Å². The summed E-state index contributed by atoms with van der Waals surface area (Å²) in [6, 6.07) is 1.56. The van der Waals surface area contributed by atoms with Crippen LogP contribution in [0.25, 0.3) is 0 Å². The van der Waals surface area contributed by atoms with Crippen LogP contribution < -0.4 is 0 Å². The molecule has 0 bridgehead atoms. The quantitative estimate of drug-likeness (QED) is 0.773. The van der Waals surface area contributed by atoms with Gasteiger partial charge in [0.15, 0.2) is 0 Å². The molecule has 3 nitrogen and oxygen atoms in total. The van der Waals surface area contributed by atoms with Gasteiger partial charge in [0, 0.05) is 31.2 Å². The van der Waals surface area contributed by atoms with Crippen LogP contribution in [0.1, 0.15) is 40.5 Å². The minimum Gasteiger partial charge on any atom is -0.391 e. The van der Waals surface area contributed by atoms with Gasteiger partial charge in [-0.3, -0.25) is 9.80 Å². The molecular weight excluding hydrogens is 224 g/mol. The van der Waals surface area contributed by atoms with Gasteiger partial charge in [0.25, 0.3) is 0 Å². The van der Waals surface area contributed by atoms with Crippen LogP contribution >= 0.6 is 0 Å². The second-order valence-electron chi connectivity index (χ2n) is 6.93. The van der Waals surface area contributed by atoms with E-state index in [4.69, 9.17) is 0 Å². The van der Waals surface area contributed by atoms with Crippen LogP contribution in [0.5, 0.6) is 0 Å². The predicted octanol–water partition coefficient (Wildman–Crippen LogP) is 1.81. The highest BCUT2D eigenvalue weighted by Gasteiger charge is 2.40. The summed E-state index contributed by atoms with van der Waals surface area (Å²) in [5.41, 5.74) is 0. The fourth-order valence-corrected chi connectivity index (χ4v) is 4.09. The first-order chi connectivity index (χ1) is 8.40. The number of hydrogen-bond donors (Lipinski definition) is 1. The van der Waals surface area contributed by atoms with Crippen LogP contribution in [-0.2, 0) is 0 Å². The molecule has 0 amide bonds. The predicted molar refractivity (Wildman–Crippen MR) is 75.6 cm³/mol. The summed E-state index contributed by atoms with van der Waals surface area (Å²) in [6.45, 7) is 11.4. The first-order valence-electron chi connectivity index (χ1n) is 7.54. The van der Waals surface area contributed by atoms with Gasteiger partial charge in [-0.1, -0.05) is 13.8 Å². The number of aliphatic hydroxyl groups is 1. The second kappa shape index (κ2) is 5.48. The summed E-state index contributed by atoms with van der Waals surface area (Å²) < 4.78 is 0. The molecule has 3 heteroatoms. The topological polar surface area (TPSA) is 26.7 Å². The minimum atomic E-state index is -0.133. The van der Waals surface area contributed by atoms with E-state index in [1.165, 1.54) is 6.42 Å². The zero-order chi connectivity index (χ0) is 13.4.